The maximum absolute atomic E-state index is 11.7. The van der Waals surface area contributed by atoms with Gasteiger partial charge in [0.2, 0.25) is 0 Å². The van der Waals surface area contributed by atoms with Crippen LogP contribution in [0.2, 0.25) is 5.02 Å². The molecule has 0 aliphatic carbocycles. The highest BCUT2D eigenvalue weighted by atomic mass is 35.5. The van der Waals surface area contributed by atoms with E-state index in [1.54, 1.807) is 6.07 Å². The molecule has 0 unspecified atom stereocenters. The van der Waals surface area contributed by atoms with Gasteiger partial charge < -0.3 is 4.74 Å². The van der Waals surface area contributed by atoms with E-state index in [9.17, 15) is 8.78 Å². The molecule has 1 aromatic heterocycles. The van der Waals surface area contributed by atoms with Crippen LogP contribution >= 0.6 is 11.6 Å². The Kier molecular flexibility index (Phi) is 2.98. The summed E-state index contributed by atoms with van der Waals surface area (Å²) in [7, 11) is 0. The van der Waals surface area contributed by atoms with Gasteiger partial charge in [-0.1, -0.05) is 11.6 Å². The van der Waals surface area contributed by atoms with Crippen LogP contribution < -0.4 is 4.74 Å². The van der Waals surface area contributed by atoms with Crippen molar-refractivity contribution in [3.63, 3.8) is 0 Å². The third kappa shape index (κ3) is 2.53. The zero-order chi connectivity index (χ0) is 9.84. The molecule has 0 fully saturated rings. The minimum absolute atomic E-state index is 0.0133. The summed E-state index contributed by atoms with van der Waals surface area (Å²) in [5.74, 6) is -0.168. The van der Waals surface area contributed by atoms with Gasteiger partial charge in [-0.3, -0.25) is 0 Å². The number of rotatable bonds is 2. The molecule has 1 aromatic rings. The Morgan fingerprint density at radius 1 is 1.62 bits per heavy atom. The quantitative estimate of drug-likeness (QED) is 0.742. The number of pyridine rings is 1. The van der Waals surface area contributed by atoms with E-state index in [0.29, 0.717) is 0 Å². The topological polar surface area (TPSA) is 45.9 Å². The molecule has 68 valence electrons. The number of hydrogen-bond acceptors (Lipinski definition) is 3. The molecule has 1 heterocycles. The maximum atomic E-state index is 11.7. The average Bonchev–Trinajstić information content (AvgIpc) is 2.03. The highest BCUT2D eigenvalue weighted by Crippen LogP contribution is 2.20. The van der Waals surface area contributed by atoms with E-state index in [1.165, 1.54) is 0 Å². The summed E-state index contributed by atoms with van der Waals surface area (Å²) < 4.78 is 27.4. The first-order chi connectivity index (χ1) is 6.13. The molecule has 0 radical (unpaired) electrons. The zero-order valence-corrected chi connectivity index (χ0v) is 6.92. The lowest BCUT2D eigenvalue weighted by Gasteiger charge is -2.03. The van der Waals surface area contributed by atoms with Crippen molar-refractivity contribution in [2.24, 2.45) is 0 Å². The number of halogens is 3. The van der Waals surface area contributed by atoms with E-state index in [-0.39, 0.29) is 16.5 Å². The van der Waals surface area contributed by atoms with Crippen molar-refractivity contribution in [3.05, 3.63) is 23.0 Å². The van der Waals surface area contributed by atoms with Crippen molar-refractivity contribution >= 4 is 11.6 Å². The van der Waals surface area contributed by atoms with E-state index in [2.05, 4.69) is 9.72 Å². The van der Waals surface area contributed by atoms with Crippen LogP contribution in [0, 0.1) is 11.3 Å². The summed E-state index contributed by atoms with van der Waals surface area (Å²) in [6.45, 7) is -2.93. The average molecular weight is 205 g/mol. The van der Waals surface area contributed by atoms with Crippen LogP contribution in [0.3, 0.4) is 0 Å². The Morgan fingerprint density at radius 2 is 2.31 bits per heavy atom. The van der Waals surface area contributed by atoms with Gasteiger partial charge in [-0.05, 0) is 0 Å². The molecule has 0 atom stereocenters. The number of ether oxygens (including phenoxy) is 1. The molecule has 13 heavy (non-hydrogen) atoms. The van der Waals surface area contributed by atoms with Gasteiger partial charge in [0.1, 0.15) is 11.8 Å². The second-order valence-corrected chi connectivity index (χ2v) is 2.40. The molecule has 1 rings (SSSR count). The van der Waals surface area contributed by atoms with Gasteiger partial charge in [-0.2, -0.15) is 14.0 Å². The second-order valence-electron chi connectivity index (χ2n) is 1.99. The fraction of sp³-hybridized carbons (Fsp3) is 0.143. The first-order valence-electron chi connectivity index (χ1n) is 3.14. The normalized spacial score (nSPS) is 9.77. The molecule has 0 aliphatic rings. The molecule has 0 bridgehead atoms. The first-order valence-corrected chi connectivity index (χ1v) is 3.51. The number of alkyl halides is 2. The van der Waals surface area contributed by atoms with Crippen LogP contribution in [0.4, 0.5) is 8.78 Å². The Balaban J connectivity index is 2.91. The van der Waals surface area contributed by atoms with Crippen LogP contribution in [0.1, 0.15) is 5.69 Å². The van der Waals surface area contributed by atoms with Crippen molar-refractivity contribution in [3.8, 4) is 11.8 Å². The Hall–Kier alpha value is -1.41. The smallest absolute Gasteiger partial charge is 0.387 e. The van der Waals surface area contributed by atoms with Gasteiger partial charge in [0.25, 0.3) is 0 Å². The molecule has 0 aromatic carbocycles. The molecule has 0 saturated carbocycles. The fourth-order valence-electron chi connectivity index (χ4n) is 0.670. The lowest BCUT2D eigenvalue weighted by Crippen LogP contribution is -2.02. The Bertz CT molecular complexity index is 351. The van der Waals surface area contributed by atoms with E-state index in [4.69, 9.17) is 16.9 Å². The second kappa shape index (κ2) is 4.01. The summed E-state index contributed by atoms with van der Waals surface area (Å²) in [5, 5.41) is 8.39. The van der Waals surface area contributed by atoms with Crippen LogP contribution in [0.5, 0.6) is 5.75 Å². The van der Waals surface area contributed by atoms with Gasteiger partial charge in [-0.15, -0.1) is 0 Å². The lowest BCUT2D eigenvalue weighted by molar-refractivity contribution is -0.0500. The van der Waals surface area contributed by atoms with Crippen LogP contribution in [-0.4, -0.2) is 11.6 Å². The fourth-order valence-corrected chi connectivity index (χ4v) is 0.869. The third-order valence-corrected chi connectivity index (χ3v) is 1.44. The van der Waals surface area contributed by atoms with Crippen molar-refractivity contribution < 1.29 is 13.5 Å². The van der Waals surface area contributed by atoms with Crippen molar-refractivity contribution in [2.45, 2.75) is 6.61 Å². The van der Waals surface area contributed by atoms with Crippen LogP contribution in [-0.2, 0) is 0 Å². The number of aromatic nitrogens is 1. The Labute approximate surface area is 77.5 Å². The molecule has 0 aliphatic heterocycles. The first kappa shape index (κ1) is 9.68. The van der Waals surface area contributed by atoms with E-state index in [0.717, 1.165) is 12.3 Å². The molecule has 0 N–H and O–H groups in total. The van der Waals surface area contributed by atoms with Crippen molar-refractivity contribution in [1.82, 2.24) is 4.98 Å². The predicted octanol–water partition coefficient (Wildman–Crippen LogP) is 2.21. The highest BCUT2D eigenvalue weighted by Gasteiger charge is 2.07. The minimum Gasteiger partial charge on any atom is -0.433 e. The summed E-state index contributed by atoms with van der Waals surface area (Å²) in [4.78, 5) is 3.50. The third-order valence-electron chi connectivity index (χ3n) is 1.15. The highest BCUT2D eigenvalue weighted by molar-refractivity contribution is 6.31. The van der Waals surface area contributed by atoms with Crippen molar-refractivity contribution in [1.29, 1.82) is 5.26 Å². The molecule has 0 amide bonds. The van der Waals surface area contributed by atoms with E-state index >= 15 is 0 Å². The SMILES string of the molecule is N#Cc1ncc(OC(F)F)cc1Cl. The monoisotopic (exact) mass is 204 g/mol. The molecular formula is C7H3ClF2N2O. The van der Waals surface area contributed by atoms with E-state index in [1.807, 2.05) is 0 Å². The number of nitriles is 1. The molecule has 3 nitrogen and oxygen atoms in total. The van der Waals surface area contributed by atoms with Gasteiger partial charge in [0.05, 0.1) is 11.2 Å². The molecule has 6 heteroatoms. The Morgan fingerprint density at radius 3 is 2.77 bits per heavy atom. The van der Waals surface area contributed by atoms with Gasteiger partial charge in [0, 0.05) is 6.07 Å². The predicted molar refractivity (Wildman–Crippen MR) is 40.6 cm³/mol. The standard InChI is InChI=1S/C7H3ClF2N2O/c8-5-1-4(13-7(9)10)3-12-6(5)2-11/h1,3,7H. The van der Waals surface area contributed by atoms with Crippen molar-refractivity contribution in [2.75, 3.05) is 0 Å². The van der Waals surface area contributed by atoms with E-state index < -0.39 is 6.61 Å². The minimum atomic E-state index is -2.93. The summed E-state index contributed by atoms with van der Waals surface area (Å²) in [6.07, 6.45) is 1.01. The van der Waals surface area contributed by atoms with Crippen LogP contribution in [0.15, 0.2) is 12.3 Å². The van der Waals surface area contributed by atoms with Gasteiger partial charge >= 0.3 is 6.61 Å². The zero-order valence-electron chi connectivity index (χ0n) is 6.17. The molecule has 0 saturated heterocycles. The molecular weight excluding hydrogens is 202 g/mol. The summed E-state index contributed by atoms with van der Waals surface area (Å²) in [6, 6.07) is 2.80. The summed E-state index contributed by atoms with van der Waals surface area (Å²) in [5.41, 5.74) is -0.0247. The van der Waals surface area contributed by atoms with Gasteiger partial charge in [-0.25, -0.2) is 4.98 Å². The summed E-state index contributed by atoms with van der Waals surface area (Å²) >= 11 is 5.50. The lowest BCUT2D eigenvalue weighted by atomic mass is 10.3. The molecule has 0 spiro atoms. The maximum Gasteiger partial charge on any atom is 0.387 e. The number of hydrogen-bond donors (Lipinski definition) is 0. The van der Waals surface area contributed by atoms with Crippen LogP contribution in [0.25, 0.3) is 0 Å². The number of nitrogens with zero attached hydrogens (tertiary/aromatic N) is 2. The largest absolute Gasteiger partial charge is 0.433 e. The van der Waals surface area contributed by atoms with Gasteiger partial charge in [0.15, 0.2) is 5.69 Å².